The van der Waals surface area contributed by atoms with Gasteiger partial charge >= 0.3 is 11.9 Å². The molecule has 0 bridgehead atoms. The maximum atomic E-state index is 14.4. The van der Waals surface area contributed by atoms with Gasteiger partial charge in [0.15, 0.2) is 11.5 Å². The number of carbonyl (C=O) groups is 3. The van der Waals surface area contributed by atoms with E-state index in [1.54, 1.807) is 6.07 Å². The fourth-order valence-corrected chi connectivity index (χ4v) is 3.04. The summed E-state index contributed by atoms with van der Waals surface area (Å²) in [7, 11) is 0. The number of aliphatic carboxylic acids is 2. The number of carboxylic acid groups (broad SMARTS) is 2. The van der Waals surface area contributed by atoms with Crippen LogP contribution in [0.15, 0.2) is 23.1 Å². The van der Waals surface area contributed by atoms with Gasteiger partial charge in [-0.2, -0.15) is 4.98 Å². The van der Waals surface area contributed by atoms with Gasteiger partial charge in [-0.15, -0.1) is 0 Å². The van der Waals surface area contributed by atoms with Crippen molar-refractivity contribution < 1.29 is 29.0 Å². The van der Waals surface area contributed by atoms with E-state index >= 15 is 0 Å². The maximum Gasteiger partial charge on any atom is 0.326 e. The normalized spacial score (nSPS) is 11.5. The number of aryl methyl sites for hydroxylation is 2. The van der Waals surface area contributed by atoms with Crippen molar-refractivity contribution in [3.8, 4) is 0 Å². The molecule has 0 spiro atoms. The topological polar surface area (TPSA) is 204 Å². The standard InChI is InChI=1S/C19H19FN6O6.CH4/c20-11-5-8(1-2-9-6-10-15(23-9)25-19(21)26-16(10)29)7-22-14(11)17(30)24-12(18(31)32)3-4-13(27)28;/h5-7,12H,1-4H2,(H,24,30)(H,27,28)(H,31,32)(H4,21,23,25,26,29);1H4/t12-;/m0./s1. The highest BCUT2D eigenvalue weighted by molar-refractivity contribution is 5.95. The molecule has 0 aliphatic heterocycles. The Morgan fingerprint density at radius 2 is 1.91 bits per heavy atom. The zero-order chi connectivity index (χ0) is 23.4. The zero-order valence-corrected chi connectivity index (χ0v) is 16.5. The highest BCUT2D eigenvalue weighted by atomic mass is 19.1. The number of hydrogen-bond donors (Lipinski definition) is 6. The number of nitrogens with two attached hydrogens (primary N) is 1. The van der Waals surface area contributed by atoms with Gasteiger partial charge in [0, 0.05) is 18.3 Å². The largest absolute Gasteiger partial charge is 0.481 e. The molecule has 0 radical (unpaired) electrons. The first-order valence-corrected chi connectivity index (χ1v) is 9.41. The number of fused-ring (bicyclic) bond motifs is 1. The second kappa shape index (κ2) is 10.3. The fourth-order valence-electron chi connectivity index (χ4n) is 3.04. The molecule has 1 atom stereocenters. The number of nitrogens with one attached hydrogen (secondary N) is 3. The lowest BCUT2D eigenvalue weighted by molar-refractivity contribution is -0.140. The van der Waals surface area contributed by atoms with Crippen molar-refractivity contribution in [3.05, 3.63) is 51.5 Å². The first-order valence-electron chi connectivity index (χ1n) is 9.41. The third-order valence-electron chi connectivity index (χ3n) is 4.62. The average molecular weight is 462 g/mol. The van der Waals surface area contributed by atoms with E-state index in [4.69, 9.17) is 15.9 Å². The number of aromatic amines is 2. The Morgan fingerprint density at radius 1 is 1.18 bits per heavy atom. The van der Waals surface area contributed by atoms with Crippen molar-refractivity contribution in [3.63, 3.8) is 0 Å². The first-order chi connectivity index (χ1) is 15.1. The van der Waals surface area contributed by atoms with Gasteiger partial charge in [-0.05, 0) is 37.0 Å². The quantitative estimate of drug-likeness (QED) is 0.266. The summed E-state index contributed by atoms with van der Waals surface area (Å²) < 4.78 is 14.4. The monoisotopic (exact) mass is 462 g/mol. The third kappa shape index (κ3) is 6.12. The van der Waals surface area contributed by atoms with Crippen LogP contribution in [0, 0.1) is 5.82 Å². The van der Waals surface area contributed by atoms with Gasteiger partial charge < -0.3 is 26.2 Å². The molecule has 3 heterocycles. The Balaban J connectivity index is 0.00000385. The lowest BCUT2D eigenvalue weighted by Gasteiger charge is -2.13. The van der Waals surface area contributed by atoms with E-state index in [2.05, 4.69) is 25.3 Å². The number of amides is 1. The molecule has 1 amide bonds. The molecule has 0 aliphatic carbocycles. The highest BCUT2D eigenvalue weighted by Crippen LogP contribution is 2.14. The Bertz CT molecular complexity index is 1250. The van der Waals surface area contributed by atoms with Crippen molar-refractivity contribution in [1.82, 2.24) is 25.3 Å². The Morgan fingerprint density at radius 3 is 2.55 bits per heavy atom. The maximum absolute atomic E-state index is 14.4. The van der Waals surface area contributed by atoms with Gasteiger partial charge in [-0.1, -0.05) is 7.43 Å². The van der Waals surface area contributed by atoms with E-state index in [1.807, 2.05) is 0 Å². The molecular formula is C20H23FN6O6. The summed E-state index contributed by atoms with van der Waals surface area (Å²) in [5, 5.41) is 20.2. The number of pyridine rings is 1. The van der Waals surface area contributed by atoms with Crippen LogP contribution < -0.4 is 16.6 Å². The van der Waals surface area contributed by atoms with Crippen molar-refractivity contribution in [2.45, 2.75) is 39.2 Å². The van der Waals surface area contributed by atoms with Crippen LogP contribution in [0.25, 0.3) is 11.0 Å². The van der Waals surface area contributed by atoms with Crippen molar-refractivity contribution >= 4 is 34.8 Å². The van der Waals surface area contributed by atoms with E-state index in [0.29, 0.717) is 35.1 Å². The molecule has 3 aromatic rings. The summed E-state index contributed by atoms with van der Waals surface area (Å²) in [6.07, 6.45) is 1.15. The smallest absolute Gasteiger partial charge is 0.326 e. The minimum Gasteiger partial charge on any atom is -0.481 e. The second-order valence-electron chi connectivity index (χ2n) is 6.98. The molecule has 0 fully saturated rings. The Labute approximate surface area is 186 Å². The summed E-state index contributed by atoms with van der Waals surface area (Å²) >= 11 is 0. The number of nitrogen functional groups attached to an aromatic ring is 1. The second-order valence-corrected chi connectivity index (χ2v) is 6.98. The number of halogens is 1. The van der Waals surface area contributed by atoms with Crippen molar-refractivity contribution in [1.29, 1.82) is 0 Å². The summed E-state index contributed by atoms with van der Waals surface area (Å²) in [6, 6.07) is 1.21. The Hall–Kier alpha value is -4.29. The molecule has 3 rings (SSSR count). The van der Waals surface area contributed by atoms with Gasteiger partial charge in [0.1, 0.15) is 11.7 Å². The molecular weight excluding hydrogens is 439 g/mol. The van der Waals surface area contributed by atoms with E-state index in [9.17, 15) is 23.6 Å². The molecule has 176 valence electrons. The number of carbonyl (C=O) groups excluding carboxylic acids is 1. The lowest BCUT2D eigenvalue weighted by atomic mass is 10.1. The minimum absolute atomic E-state index is 0. The predicted molar refractivity (Wildman–Crippen MR) is 115 cm³/mol. The van der Waals surface area contributed by atoms with Gasteiger partial charge in [-0.25, -0.2) is 14.2 Å². The summed E-state index contributed by atoms with van der Waals surface area (Å²) in [5.74, 6) is -4.71. The first kappa shape index (κ1) is 25.0. The van der Waals surface area contributed by atoms with Gasteiger partial charge in [0.05, 0.1) is 5.39 Å². The van der Waals surface area contributed by atoms with Crippen LogP contribution in [0.2, 0.25) is 0 Å². The molecule has 7 N–H and O–H groups in total. The lowest BCUT2D eigenvalue weighted by Crippen LogP contribution is -2.41. The van der Waals surface area contributed by atoms with Crippen LogP contribution >= 0.6 is 0 Å². The Kier molecular flexibility index (Phi) is 7.83. The molecule has 0 saturated carbocycles. The number of H-pyrrole nitrogens is 2. The van der Waals surface area contributed by atoms with E-state index in [0.717, 1.165) is 6.07 Å². The molecule has 0 aliphatic rings. The van der Waals surface area contributed by atoms with Crippen molar-refractivity contribution in [2.24, 2.45) is 0 Å². The molecule has 3 aromatic heterocycles. The zero-order valence-electron chi connectivity index (χ0n) is 16.5. The number of carboxylic acids is 2. The van der Waals surface area contributed by atoms with Crippen LogP contribution in [0.4, 0.5) is 10.3 Å². The molecule has 0 saturated heterocycles. The molecule has 0 unspecified atom stereocenters. The minimum atomic E-state index is -1.49. The number of rotatable bonds is 9. The molecule has 12 nitrogen and oxygen atoms in total. The van der Waals surface area contributed by atoms with E-state index < -0.39 is 41.8 Å². The average Bonchev–Trinajstić information content (AvgIpc) is 3.12. The highest BCUT2D eigenvalue weighted by Gasteiger charge is 2.24. The van der Waals surface area contributed by atoms with Crippen LogP contribution in [-0.2, 0) is 22.4 Å². The van der Waals surface area contributed by atoms with Crippen molar-refractivity contribution in [2.75, 3.05) is 5.73 Å². The summed E-state index contributed by atoms with van der Waals surface area (Å²) in [5.41, 5.74) is 5.96. The van der Waals surface area contributed by atoms with Crippen LogP contribution in [0.3, 0.4) is 0 Å². The van der Waals surface area contributed by atoms with Crippen LogP contribution in [-0.4, -0.2) is 54.0 Å². The molecule has 33 heavy (non-hydrogen) atoms. The van der Waals surface area contributed by atoms with Gasteiger partial charge in [-0.3, -0.25) is 19.4 Å². The van der Waals surface area contributed by atoms with Gasteiger partial charge in [0.25, 0.3) is 11.5 Å². The van der Waals surface area contributed by atoms with Gasteiger partial charge in [0.2, 0.25) is 5.95 Å². The number of hydrogen-bond acceptors (Lipinski definition) is 7. The molecule has 0 aromatic carbocycles. The third-order valence-corrected chi connectivity index (χ3v) is 4.62. The van der Waals surface area contributed by atoms with E-state index in [1.165, 1.54) is 6.20 Å². The van der Waals surface area contributed by atoms with E-state index in [-0.39, 0.29) is 25.4 Å². The van der Waals surface area contributed by atoms with Crippen LogP contribution in [0.5, 0.6) is 0 Å². The fraction of sp³-hybridized carbons (Fsp3) is 0.300. The summed E-state index contributed by atoms with van der Waals surface area (Å²) in [4.78, 5) is 59.0. The molecule has 13 heteroatoms. The predicted octanol–water partition coefficient (Wildman–Crippen LogP) is 0.837. The van der Waals surface area contributed by atoms with Crippen LogP contribution in [0.1, 0.15) is 42.0 Å². The number of nitrogens with zero attached hydrogens (tertiary/aromatic N) is 2. The SMILES string of the molecule is C.Nc1nc2[nH]c(CCc3cnc(C(=O)N[C@@H](CCC(=O)O)C(=O)O)c(F)c3)cc2c(=O)[nH]1. The summed E-state index contributed by atoms with van der Waals surface area (Å²) in [6.45, 7) is 0. The number of anilines is 1. The number of aromatic nitrogens is 4.